The van der Waals surface area contributed by atoms with E-state index in [1.807, 2.05) is 6.07 Å². The summed E-state index contributed by atoms with van der Waals surface area (Å²) in [6, 6.07) is 6.10. The van der Waals surface area contributed by atoms with Crippen LogP contribution in [0.4, 0.5) is 5.69 Å². The highest BCUT2D eigenvalue weighted by molar-refractivity contribution is 9.10. The highest BCUT2D eigenvalue weighted by Gasteiger charge is 2.30. The minimum absolute atomic E-state index is 0.00241. The number of nitrogens with two attached hydrogens (primary N) is 1. The molecule has 1 saturated heterocycles. The Bertz CT molecular complexity index is 476. The van der Waals surface area contributed by atoms with E-state index in [1.54, 1.807) is 0 Å². The Kier molecular flexibility index (Phi) is 3.94. The Balaban J connectivity index is 2.34. The fourth-order valence-corrected chi connectivity index (χ4v) is 3.10. The van der Waals surface area contributed by atoms with Crippen LogP contribution in [0.25, 0.3) is 0 Å². The average Bonchev–Trinajstić information content (AvgIpc) is 2.27. The first kappa shape index (κ1) is 13.8. The van der Waals surface area contributed by atoms with Crippen molar-refractivity contribution in [2.45, 2.75) is 19.4 Å². The van der Waals surface area contributed by atoms with Crippen molar-refractivity contribution in [3.63, 3.8) is 0 Å². The van der Waals surface area contributed by atoms with Crippen molar-refractivity contribution >= 4 is 38.8 Å². The minimum Gasteiger partial charge on any atom is -0.389 e. The fraction of sp³-hybridized carbons (Fsp3) is 0.462. The number of anilines is 1. The first-order valence-corrected chi connectivity index (χ1v) is 7.07. The SMILES string of the molecule is CC1(C)COCCN1c1ccc(C(N)=S)c(Br)c1. The van der Waals surface area contributed by atoms with Crippen LogP contribution in [0.15, 0.2) is 22.7 Å². The molecular weight excluding hydrogens is 312 g/mol. The van der Waals surface area contributed by atoms with Crippen LogP contribution in [0, 0.1) is 0 Å². The zero-order valence-corrected chi connectivity index (χ0v) is 13.0. The van der Waals surface area contributed by atoms with E-state index < -0.39 is 0 Å². The predicted molar refractivity (Wildman–Crippen MR) is 82.3 cm³/mol. The summed E-state index contributed by atoms with van der Waals surface area (Å²) in [5.41, 5.74) is 7.70. The lowest BCUT2D eigenvalue weighted by atomic mass is 10.0. The topological polar surface area (TPSA) is 38.5 Å². The molecule has 0 unspecified atom stereocenters. The average molecular weight is 329 g/mol. The molecule has 1 aromatic carbocycles. The van der Waals surface area contributed by atoms with E-state index >= 15 is 0 Å². The molecule has 0 aliphatic carbocycles. The lowest BCUT2D eigenvalue weighted by Crippen LogP contribution is -2.53. The Morgan fingerprint density at radius 1 is 1.50 bits per heavy atom. The van der Waals surface area contributed by atoms with Crippen molar-refractivity contribution < 1.29 is 4.74 Å². The Morgan fingerprint density at radius 2 is 2.22 bits per heavy atom. The van der Waals surface area contributed by atoms with Gasteiger partial charge in [0.25, 0.3) is 0 Å². The Hall–Kier alpha value is -0.650. The highest BCUT2D eigenvalue weighted by Crippen LogP contribution is 2.30. The quantitative estimate of drug-likeness (QED) is 0.847. The zero-order valence-electron chi connectivity index (χ0n) is 10.6. The molecule has 5 heteroatoms. The largest absolute Gasteiger partial charge is 0.389 e. The lowest BCUT2D eigenvalue weighted by molar-refractivity contribution is 0.0644. The molecule has 1 heterocycles. The van der Waals surface area contributed by atoms with Crippen LogP contribution in [0.5, 0.6) is 0 Å². The van der Waals surface area contributed by atoms with Crippen LogP contribution in [0.1, 0.15) is 19.4 Å². The summed E-state index contributed by atoms with van der Waals surface area (Å²) in [5, 5.41) is 0. The van der Waals surface area contributed by atoms with Crippen LogP contribution in [-0.4, -0.2) is 30.3 Å². The van der Waals surface area contributed by atoms with Gasteiger partial charge in [-0.3, -0.25) is 0 Å². The number of rotatable bonds is 2. The molecule has 0 spiro atoms. The number of nitrogens with zero attached hydrogens (tertiary/aromatic N) is 1. The van der Waals surface area contributed by atoms with E-state index in [9.17, 15) is 0 Å². The molecular formula is C13H17BrN2OS. The molecule has 0 bridgehead atoms. The summed E-state index contributed by atoms with van der Waals surface area (Å²) < 4.78 is 6.47. The van der Waals surface area contributed by atoms with Gasteiger partial charge in [0, 0.05) is 22.3 Å². The second kappa shape index (κ2) is 5.15. The summed E-state index contributed by atoms with van der Waals surface area (Å²) in [5.74, 6) is 0. The molecule has 1 aliphatic heterocycles. The molecule has 2 rings (SSSR count). The fourth-order valence-electron chi connectivity index (χ4n) is 2.21. The summed E-state index contributed by atoms with van der Waals surface area (Å²) in [6.45, 7) is 6.76. The first-order valence-electron chi connectivity index (χ1n) is 5.86. The lowest BCUT2D eigenvalue weighted by Gasteiger charge is -2.44. The monoisotopic (exact) mass is 328 g/mol. The van der Waals surface area contributed by atoms with Gasteiger partial charge in [0.05, 0.1) is 18.8 Å². The third kappa shape index (κ3) is 2.68. The van der Waals surface area contributed by atoms with E-state index in [0.717, 1.165) is 35.5 Å². The number of hydrogen-bond donors (Lipinski definition) is 1. The molecule has 0 aromatic heterocycles. The van der Waals surface area contributed by atoms with Gasteiger partial charge < -0.3 is 15.4 Å². The van der Waals surface area contributed by atoms with Crippen LogP contribution in [0.2, 0.25) is 0 Å². The number of halogens is 1. The van der Waals surface area contributed by atoms with Gasteiger partial charge in [0.15, 0.2) is 0 Å². The summed E-state index contributed by atoms with van der Waals surface area (Å²) in [6.07, 6.45) is 0. The maximum Gasteiger partial charge on any atom is 0.105 e. The maximum absolute atomic E-state index is 5.66. The number of ether oxygens (including phenoxy) is 1. The Labute approximate surface area is 121 Å². The predicted octanol–water partition coefficient (Wildman–Crippen LogP) is 2.70. The highest BCUT2D eigenvalue weighted by atomic mass is 79.9. The van der Waals surface area contributed by atoms with E-state index in [2.05, 4.69) is 46.8 Å². The van der Waals surface area contributed by atoms with Crippen LogP contribution >= 0.6 is 28.1 Å². The zero-order chi connectivity index (χ0) is 13.3. The van der Waals surface area contributed by atoms with E-state index in [4.69, 9.17) is 22.7 Å². The van der Waals surface area contributed by atoms with Crippen molar-refractivity contribution in [3.05, 3.63) is 28.2 Å². The molecule has 0 atom stereocenters. The van der Waals surface area contributed by atoms with Gasteiger partial charge in [-0.15, -0.1) is 0 Å². The Morgan fingerprint density at radius 3 is 2.78 bits per heavy atom. The first-order chi connectivity index (χ1) is 8.42. The van der Waals surface area contributed by atoms with Gasteiger partial charge in [-0.2, -0.15) is 0 Å². The molecule has 1 aliphatic rings. The van der Waals surface area contributed by atoms with E-state index in [-0.39, 0.29) is 5.54 Å². The third-order valence-electron chi connectivity index (χ3n) is 3.18. The molecule has 0 radical (unpaired) electrons. The second-order valence-corrected chi connectivity index (χ2v) is 6.34. The van der Waals surface area contributed by atoms with Gasteiger partial charge in [0.1, 0.15) is 4.99 Å². The summed E-state index contributed by atoms with van der Waals surface area (Å²) in [7, 11) is 0. The van der Waals surface area contributed by atoms with Crippen molar-refractivity contribution in [2.24, 2.45) is 5.73 Å². The molecule has 98 valence electrons. The van der Waals surface area contributed by atoms with Crippen molar-refractivity contribution in [3.8, 4) is 0 Å². The second-order valence-electron chi connectivity index (χ2n) is 5.05. The van der Waals surface area contributed by atoms with Crippen molar-refractivity contribution in [1.82, 2.24) is 0 Å². The number of morpholine rings is 1. The van der Waals surface area contributed by atoms with Crippen molar-refractivity contribution in [2.75, 3.05) is 24.7 Å². The molecule has 18 heavy (non-hydrogen) atoms. The molecule has 2 N–H and O–H groups in total. The van der Waals surface area contributed by atoms with Gasteiger partial charge in [-0.1, -0.05) is 12.2 Å². The van der Waals surface area contributed by atoms with Gasteiger partial charge in [0.2, 0.25) is 0 Å². The number of thiocarbonyl (C=S) groups is 1. The third-order valence-corrected chi connectivity index (χ3v) is 4.05. The van der Waals surface area contributed by atoms with Gasteiger partial charge >= 0.3 is 0 Å². The number of hydrogen-bond acceptors (Lipinski definition) is 3. The van der Waals surface area contributed by atoms with Crippen LogP contribution in [-0.2, 0) is 4.74 Å². The number of benzene rings is 1. The summed E-state index contributed by atoms with van der Waals surface area (Å²) >= 11 is 8.53. The maximum atomic E-state index is 5.66. The van der Waals surface area contributed by atoms with Crippen LogP contribution < -0.4 is 10.6 Å². The molecule has 1 aromatic rings. The minimum atomic E-state index is 0.00241. The van der Waals surface area contributed by atoms with Gasteiger partial charge in [-0.25, -0.2) is 0 Å². The van der Waals surface area contributed by atoms with Gasteiger partial charge in [-0.05, 0) is 48.0 Å². The van der Waals surface area contributed by atoms with E-state index in [1.165, 1.54) is 0 Å². The molecule has 3 nitrogen and oxygen atoms in total. The molecule has 1 fully saturated rings. The van der Waals surface area contributed by atoms with E-state index in [0.29, 0.717) is 4.99 Å². The summed E-state index contributed by atoms with van der Waals surface area (Å²) in [4.78, 5) is 2.76. The van der Waals surface area contributed by atoms with Crippen molar-refractivity contribution in [1.29, 1.82) is 0 Å². The van der Waals surface area contributed by atoms with Crippen LogP contribution in [0.3, 0.4) is 0 Å². The molecule has 0 saturated carbocycles. The standard InChI is InChI=1S/C13H17BrN2OS/c1-13(2)8-17-6-5-16(13)9-3-4-10(12(15)18)11(14)7-9/h3-4,7H,5-6,8H2,1-2H3,(H2,15,18). The molecule has 0 amide bonds. The smallest absolute Gasteiger partial charge is 0.105 e. The normalized spacial score (nSPS) is 18.7.